The summed E-state index contributed by atoms with van der Waals surface area (Å²) < 4.78 is 2.46. The minimum absolute atomic E-state index is 0.0508. The van der Waals surface area contributed by atoms with Crippen LogP contribution in [0.15, 0.2) is 140 Å². The predicted octanol–water partition coefficient (Wildman–Crippen LogP) is 10.7. The van der Waals surface area contributed by atoms with Gasteiger partial charge in [-0.25, -0.2) is 9.97 Å². The Morgan fingerprint density at radius 3 is 2.27 bits per heavy atom. The fourth-order valence-corrected chi connectivity index (χ4v) is 12.6. The molecule has 3 aliphatic rings. The summed E-state index contributed by atoms with van der Waals surface area (Å²) in [6.45, 7) is 9.69. The number of aromatic nitrogens is 3. The largest absolute Gasteiger partial charge is 0.309 e. The summed E-state index contributed by atoms with van der Waals surface area (Å²) in [5.41, 5.74) is 14.1. The summed E-state index contributed by atoms with van der Waals surface area (Å²) in [6, 6.07) is 42.3. The van der Waals surface area contributed by atoms with Gasteiger partial charge in [0, 0.05) is 49.8 Å². The van der Waals surface area contributed by atoms with Gasteiger partial charge in [-0.2, -0.15) is 0 Å². The summed E-state index contributed by atoms with van der Waals surface area (Å²) in [5, 5.41) is 3.87. The number of hydrogen-bond donors (Lipinski definition) is 0. The van der Waals surface area contributed by atoms with Gasteiger partial charge in [0.1, 0.15) is 8.07 Å². The van der Waals surface area contributed by atoms with Crippen molar-refractivity contribution in [1.82, 2.24) is 14.5 Å². The van der Waals surface area contributed by atoms with Crippen LogP contribution in [0, 0.1) is 0 Å². The summed E-state index contributed by atoms with van der Waals surface area (Å²) in [4.78, 5) is 10.8. The molecule has 7 aromatic rings. The van der Waals surface area contributed by atoms with Crippen LogP contribution in [0.4, 0.5) is 0 Å². The molecule has 0 bridgehead atoms. The molecule has 0 spiro atoms. The molecule has 2 aliphatic carbocycles. The van der Waals surface area contributed by atoms with Gasteiger partial charge in [-0.05, 0) is 58.1 Å². The van der Waals surface area contributed by atoms with Crippen LogP contribution in [0.3, 0.4) is 0 Å². The lowest BCUT2D eigenvalue weighted by Crippen LogP contribution is -2.44. The first kappa shape index (κ1) is 28.7. The highest BCUT2D eigenvalue weighted by atomic mass is 28.3. The minimum atomic E-state index is -1.94. The van der Waals surface area contributed by atoms with Crippen molar-refractivity contribution in [3.8, 4) is 39.5 Å². The summed E-state index contributed by atoms with van der Waals surface area (Å²) in [7, 11) is -1.94. The van der Waals surface area contributed by atoms with E-state index in [-0.39, 0.29) is 5.41 Å². The summed E-state index contributed by atoms with van der Waals surface area (Å²) >= 11 is 0. The average Bonchev–Trinajstić information content (AvgIpc) is 3.67. The minimum Gasteiger partial charge on any atom is -0.309 e. The van der Waals surface area contributed by atoms with Gasteiger partial charge in [-0.1, -0.05) is 136 Å². The second-order valence-corrected chi connectivity index (χ2v) is 19.6. The van der Waals surface area contributed by atoms with Crippen molar-refractivity contribution in [1.29, 1.82) is 0 Å². The van der Waals surface area contributed by atoms with Crippen LogP contribution >= 0.6 is 0 Å². The quantitative estimate of drug-likeness (QED) is 0.179. The van der Waals surface area contributed by atoms with Crippen LogP contribution < -0.4 is 5.32 Å². The highest BCUT2D eigenvalue weighted by molar-refractivity contribution is 6.92. The van der Waals surface area contributed by atoms with E-state index in [1.807, 2.05) is 0 Å². The molecule has 0 N–H and O–H groups in total. The Morgan fingerprint density at radius 1 is 0.633 bits per heavy atom. The molecular formula is C45H37N3Si. The van der Waals surface area contributed by atoms with E-state index in [1.54, 1.807) is 0 Å². The Kier molecular flexibility index (Phi) is 5.91. The van der Waals surface area contributed by atoms with E-state index < -0.39 is 8.07 Å². The molecule has 0 amide bonds. The number of benzene rings is 5. The fourth-order valence-electron chi connectivity index (χ4n) is 9.18. The van der Waals surface area contributed by atoms with Crippen molar-refractivity contribution in [2.75, 3.05) is 0 Å². The van der Waals surface area contributed by atoms with Crippen LogP contribution in [0.2, 0.25) is 18.6 Å². The Morgan fingerprint density at radius 2 is 1.39 bits per heavy atom. The van der Waals surface area contributed by atoms with Crippen LogP contribution in [0.5, 0.6) is 0 Å². The molecule has 3 heterocycles. The lowest BCUT2D eigenvalue weighted by Gasteiger charge is -2.26. The van der Waals surface area contributed by atoms with Crippen LogP contribution in [-0.4, -0.2) is 22.6 Å². The molecule has 4 heteroatoms. The highest BCUT2D eigenvalue weighted by Crippen LogP contribution is 2.52. The first-order valence-electron chi connectivity index (χ1n) is 17.4. The van der Waals surface area contributed by atoms with E-state index in [9.17, 15) is 0 Å². The van der Waals surface area contributed by atoms with Crippen LogP contribution in [0.1, 0.15) is 36.5 Å². The molecule has 0 radical (unpaired) electrons. The highest BCUT2D eigenvalue weighted by Gasteiger charge is 2.49. The Labute approximate surface area is 288 Å². The Bertz CT molecular complexity index is 2570. The molecule has 3 nitrogen and oxygen atoms in total. The third-order valence-corrected chi connectivity index (χ3v) is 15.5. The molecule has 0 fully saturated rings. The van der Waals surface area contributed by atoms with E-state index >= 15 is 0 Å². The standard InChI is InChI=1S/C45H37N3Si/c1-45(2)36-22-11-8-19-31(36)34-27-39-35(26-37(34)45)32-20-9-12-23-38(32)48(39)30-18-14-17-29(25-30)42-41-33-21-10-13-24-40(33)49(3,4)44(41)47-43(46-42)28-15-6-5-7-16-28/h5-27,33,40H,1-4H3. The maximum Gasteiger partial charge on any atom is 0.159 e. The number of allylic oxidation sites excluding steroid dienone is 4. The van der Waals surface area contributed by atoms with Crippen molar-refractivity contribution in [3.63, 3.8) is 0 Å². The van der Waals surface area contributed by atoms with Gasteiger partial charge < -0.3 is 4.57 Å². The van der Waals surface area contributed by atoms with Gasteiger partial charge in [0.05, 0.1) is 16.7 Å². The zero-order valence-electron chi connectivity index (χ0n) is 28.3. The van der Waals surface area contributed by atoms with Gasteiger partial charge in [-0.15, -0.1) is 0 Å². The van der Waals surface area contributed by atoms with Crippen molar-refractivity contribution < 1.29 is 0 Å². The number of para-hydroxylation sites is 1. The van der Waals surface area contributed by atoms with Crippen LogP contribution in [0.25, 0.3) is 61.3 Å². The number of rotatable bonds is 3. The van der Waals surface area contributed by atoms with Crippen LogP contribution in [-0.2, 0) is 5.41 Å². The number of nitrogens with zero attached hydrogens (tertiary/aromatic N) is 3. The first-order valence-corrected chi connectivity index (χ1v) is 20.5. The van der Waals surface area contributed by atoms with E-state index in [0.29, 0.717) is 11.5 Å². The zero-order valence-corrected chi connectivity index (χ0v) is 29.3. The van der Waals surface area contributed by atoms with Gasteiger partial charge in [0.2, 0.25) is 0 Å². The van der Waals surface area contributed by atoms with E-state index in [2.05, 4.69) is 171 Å². The molecule has 2 unspecified atom stereocenters. The zero-order chi connectivity index (χ0) is 33.1. The van der Waals surface area contributed by atoms with Crippen molar-refractivity contribution in [3.05, 3.63) is 156 Å². The Balaban J connectivity index is 1.23. The normalized spacial score (nSPS) is 19.2. The topological polar surface area (TPSA) is 30.7 Å². The van der Waals surface area contributed by atoms with Gasteiger partial charge in [0.25, 0.3) is 0 Å². The van der Waals surface area contributed by atoms with Crippen molar-refractivity contribution in [2.24, 2.45) is 0 Å². The lowest BCUT2D eigenvalue weighted by molar-refractivity contribution is 0.661. The second-order valence-electron chi connectivity index (χ2n) is 15.1. The smallest absolute Gasteiger partial charge is 0.159 e. The van der Waals surface area contributed by atoms with Crippen molar-refractivity contribution in [2.45, 2.75) is 43.8 Å². The molecule has 49 heavy (non-hydrogen) atoms. The molecule has 2 atom stereocenters. The predicted molar refractivity (Wildman–Crippen MR) is 207 cm³/mol. The SMILES string of the molecule is CC1(C)c2ccccc2-c2cc3c(cc21)c1ccccc1n3-c1cccc(-c2nc(-c3ccccc3)nc3c2C2C=CC=CC2[Si]3(C)C)c1. The maximum absolute atomic E-state index is 5.42. The first-order chi connectivity index (χ1) is 23.8. The average molecular weight is 648 g/mol. The summed E-state index contributed by atoms with van der Waals surface area (Å²) in [5.74, 6) is 1.12. The van der Waals surface area contributed by atoms with Gasteiger partial charge in [-0.3, -0.25) is 0 Å². The van der Waals surface area contributed by atoms with Gasteiger partial charge >= 0.3 is 0 Å². The monoisotopic (exact) mass is 647 g/mol. The molecular weight excluding hydrogens is 611 g/mol. The third kappa shape index (κ3) is 3.95. The third-order valence-electron chi connectivity index (χ3n) is 11.6. The molecule has 236 valence electrons. The van der Waals surface area contributed by atoms with E-state index in [1.165, 1.54) is 54.9 Å². The Hall–Kier alpha value is -5.32. The number of fused-ring (bicyclic) bond motifs is 9. The molecule has 5 aromatic carbocycles. The number of hydrogen-bond acceptors (Lipinski definition) is 2. The molecule has 2 aromatic heterocycles. The molecule has 1 aliphatic heterocycles. The van der Waals surface area contributed by atoms with E-state index in [0.717, 1.165) is 28.3 Å². The maximum atomic E-state index is 5.42. The fraction of sp³-hybridized carbons (Fsp3) is 0.156. The molecule has 0 saturated heterocycles. The van der Waals surface area contributed by atoms with Gasteiger partial charge in [0.15, 0.2) is 5.82 Å². The second kappa shape index (κ2) is 10.1. The lowest BCUT2D eigenvalue weighted by atomic mass is 9.82. The van der Waals surface area contributed by atoms with E-state index in [4.69, 9.17) is 9.97 Å². The molecule has 10 rings (SSSR count). The van der Waals surface area contributed by atoms with Crippen molar-refractivity contribution >= 4 is 35.2 Å². The molecule has 0 saturated carbocycles. The summed E-state index contributed by atoms with van der Waals surface area (Å²) in [6.07, 6.45) is 9.25.